The molecule has 2 atom stereocenters. The highest BCUT2D eigenvalue weighted by atomic mass is 16.5. The van der Waals surface area contributed by atoms with Gasteiger partial charge in [-0.3, -0.25) is 4.79 Å². The number of amides is 1. The molecule has 5 heteroatoms. The van der Waals surface area contributed by atoms with Crippen LogP contribution in [0.25, 0.3) is 0 Å². The quantitative estimate of drug-likeness (QED) is 0.783. The van der Waals surface area contributed by atoms with Gasteiger partial charge in [-0.1, -0.05) is 20.8 Å². The van der Waals surface area contributed by atoms with Crippen LogP contribution < -0.4 is 5.32 Å². The predicted octanol–water partition coefficient (Wildman–Crippen LogP) is 1.56. The molecule has 1 amide bonds. The van der Waals surface area contributed by atoms with Gasteiger partial charge >= 0.3 is 5.97 Å². The molecule has 18 heavy (non-hydrogen) atoms. The van der Waals surface area contributed by atoms with Crippen LogP contribution >= 0.6 is 0 Å². The van der Waals surface area contributed by atoms with Crippen molar-refractivity contribution in [3.63, 3.8) is 0 Å². The monoisotopic (exact) mass is 257 g/mol. The zero-order valence-corrected chi connectivity index (χ0v) is 11.4. The van der Waals surface area contributed by atoms with E-state index < -0.39 is 17.4 Å². The molecule has 1 saturated heterocycles. The number of ether oxygens (including phenoxy) is 1. The van der Waals surface area contributed by atoms with Crippen molar-refractivity contribution in [1.29, 1.82) is 0 Å². The third-order valence-corrected chi connectivity index (χ3v) is 3.14. The molecule has 0 aromatic carbocycles. The highest BCUT2D eigenvalue weighted by molar-refractivity contribution is 5.84. The summed E-state index contributed by atoms with van der Waals surface area (Å²) in [7, 11) is 0. The lowest BCUT2D eigenvalue weighted by Crippen LogP contribution is -2.49. The molecular formula is C13H23NO4. The zero-order chi connectivity index (χ0) is 13.8. The Bertz CT molecular complexity index is 303. The molecule has 0 radical (unpaired) electrons. The lowest BCUT2D eigenvalue weighted by atomic mass is 9.86. The molecule has 0 aromatic rings. The molecular weight excluding hydrogens is 234 g/mol. The number of carboxylic acid groups (broad SMARTS) is 1. The molecule has 0 aromatic heterocycles. The smallest absolute Gasteiger partial charge is 0.326 e. The predicted molar refractivity (Wildman–Crippen MR) is 67.2 cm³/mol. The number of aliphatic carboxylic acids is 1. The van der Waals surface area contributed by atoms with Gasteiger partial charge in [0.1, 0.15) is 6.04 Å². The Kier molecular flexibility index (Phi) is 5.14. The number of carbonyl (C=O) groups is 2. The number of carbonyl (C=O) groups excluding carboxylic acids is 1. The van der Waals surface area contributed by atoms with Gasteiger partial charge in [0.15, 0.2) is 0 Å². The Morgan fingerprint density at radius 2 is 2.11 bits per heavy atom. The summed E-state index contributed by atoms with van der Waals surface area (Å²) in [4.78, 5) is 22.8. The van der Waals surface area contributed by atoms with Crippen molar-refractivity contribution in [2.45, 2.75) is 58.6 Å². The van der Waals surface area contributed by atoms with Crippen molar-refractivity contribution in [3.05, 3.63) is 0 Å². The zero-order valence-electron chi connectivity index (χ0n) is 11.4. The first-order valence-corrected chi connectivity index (χ1v) is 6.44. The van der Waals surface area contributed by atoms with Gasteiger partial charge in [0.25, 0.3) is 0 Å². The Balaban J connectivity index is 2.39. The van der Waals surface area contributed by atoms with Crippen molar-refractivity contribution in [2.75, 3.05) is 6.61 Å². The van der Waals surface area contributed by atoms with E-state index in [1.165, 1.54) is 0 Å². The van der Waals surface area contributed by atoms with Gasteiger partial charge in [-0.25, -0.2) is 4.79 Å². The molecule has 0 aliphatic carbocycles. The highest BCUT2D eigenvalue weighted by Gasteiger charge is 2.32. The summed E-state index contributed by atoms with van der Waals surface area (Å²) >= 11 is 0. The fourth-order valence-corrected chi connectivity index (χ4v) is 2.05. The fraction of sp³-hybridized carbons (Fsp3) is 0.846. The maximum absolute atomic E-state index is 11.7. The second kappa shape index (κ2) is 6.18. The summed E-state index contributed by atoms with van der Waals surface area (Å²) in [6.07, 6.45) is 3.20. The van der Waals surface area contributed by atoms with Gasteiger partial charge in [-0.2, -0.15) is 0 Å². The number of nitrogens with one attached hydrogen (secondary N) is 1. The van der Waals surface area contributed by atoms with E-state index in [2.05, 4.69) is 5.32 Å². The minimum Gasteiger partial charge on any atom is -0.480 e. The van der Waals surface area contributed by atoms with Gasteiger partial charge in [0.05, 0.1) is 6.10 Å². The summed E-state index contributed by atoms with van der Waals surface area (Å²) in [5.74, 6) is -1.21. The van der Waals surface area contributed by atoms with E-state index in [-0.39, 0.29) is 12.0 Å². The van der Waals surface area contributed by atoms with E-state index in [0.717, 1.165) is 19.4 Å². The third kappa shape index (κ3) is 4.64. The standard InChI is InChI=1S/C13H23NO4/c1-13(2,3)11(12(16)17)14-10(15)7-6-9-5-4-8-18-9/h9,11H,4-8H2,1-3H3,(H,14,15)(H,16,17)/t9?,11-/m1/s1. The van der Waals surface area contributed by atoms with Crippen LogP contribution in [0, 0.1) is 5.41 Å². The molecule has 1 fully saturated rings. The maximum atomic E-state index is 11.7. The van der Waals surface area contributed by atoms with E-state index in [1.807, 2.05) is 0 Å². The summed E-state index contributed by atoms with van der Waals surface area (Å²) in [6.45, 7) is 6.16. The Morgan fingerprint density at radius 3 is 2.56 bits per heavy atom. The highest BCUT2D eigenvalue weighted by Crippen LogP contribution is 2.20. The number of hydrogen-bond donors (Lipinski definition) is 2. The van der Waals surface area contributed by atoms with Crippen molar-refractivity contribution < 1.29 is 19.4 Å². The van der Waals surface area contributed by atoms with Crippen LogP contribution in [0.2, 0.25) is 0 Å². The van der Waals surface area contributed by atoms with E-state index in [0.29, 0.717) is 12.8 Å². The largest absolute Gasteiger partial charge is 0.480 e. The summed E-state index contributed by atoms with van der Waals surface area (Å²) in [5.41, 5.74) is -0.495. The molecule has 104 valence electrons. The van der Waals surface area contributed by atoms with Crippen molar-refractivity contribution >= 4 is 11.9 Å². The molecule has 1 heterocycles. The van der Waals surface area contributed by atoms with Gasteiger partial charge in [0.2, 0.25) is 5.91 Å². The normalized spacial score (nSPS) is 21.6. The SMILES string of the molecule is CC(C)(C)[C@H](NC(=O)CCC1CCCO1)C(=O)O. The first kappa shape index (κ1) is 15.0. The lowest BCUT2D eigenvalue weighted by Gasteiger charge is -2.27. The number of hydrogen-bond acceptors (Lipinski definition) is 3. The summed E-state index contributed by atoms with van der Waals surface area (Å²) in [6, 6.07) is -0.852. The van der Waals surface area contributed by atoms with Crippen LogP contribution in [-0.2, 0) is 14.3 Å². The van der Waals surface area contributed by atoms with Crippen molar-refractivity contribution in [1.82, 2.24) is 5.32 Å². The second-order valence-electron chi connectivity index (χ2n) is 5.88. The topological polar surface area (TPSA) is 75.6 Å². The van der Waals surface area contributed by atoms with E-state index in [4.69, 9.17) is 9.84 Å². The molecule has 5 nitrogen and oxygen atoms in total. The molecule has 0 spiro atoms. The lowest BCUT2D eigenvalue weighted by molar-refractivity contribution is -0.145. The molecule has 0 saturated carbocycles. The summed E-state index contributed by atoms with van der Waals surface area (Å²) in [5, 5.41) is 11.7. The first-order valence-electron chi connectivity index (χ1n) is 6.44. The van der Waals surface area contributed by atoms with Crippen LogP contribution in [0.4, 0.5) is 0 Å². The third-order valence-electron chi connectivity index (χ3n) is 3.14. The van der Waals surface area contributed by atoms with Gasteiger partial charge in [-0.05, 0) is 24.7 Å². The molecule has 1 unspecified atom stereocenters. The number of carboxylic acids is 1. The van der Waals surface area contributed by atoms with Crippen LogP contribution in [0.1, 0.15) is 46.5 Å². The van der Waals surface area contributed by atoms with E-state index in [9.17, 15) is 9.59 Å². The maximum Gasteiger partial charge on any atom is 0.326 e. The molecule has 1 aliphatic heterocycles. The number of rotatable bonds is 5. The average molecular weight is 257 g/mol. The Labute approximate surface area is 108 Å². The Hall–Kier alpha value is -1.10. The van der Waals surface area contributed by atoms with E-state index in [1.54, 1.807) is 20.8 Å². The molecule has 1 aliphatic rings. The van der Waals surface area contributed by atoms with Crippen molar-refractivity contribution in [3.8, 4) is 0 Å². The Morgan fingerprint density at radius 1 is 1.44 bits per heavy atom. The van der Waals surface area contributed by atoms with Gasteiger partial charge in [-0.15, -0.1) is 0 Å². The van der Waals surface area contributed by atoms with Gasteiger partial charge < -0.3 is 15.2 Å². The second-order valence-corrected chi connectivity index (χ2v) is 5.88. The van der Waals surface area contributed by atoms with Crippen LogP contribution in [0.3, 0.4) is 0 Å². The van der Waals surface area contributed by atoms with Gasteiger partial charge in [0, 0.05) is 13.0 Å². The molecule has 2 N–H and O–H groups in total. The minimum atomic E-state index is -0.993. The van der Waals surface area contributed by atoms with Crippen LogP contribution in [0.5, 0.6) is 0 Å². The first-order chi connectivity index (χ1) is 8.30. The molecule has 0 bridgehead atoms. The van der Waals surface area contributed by atoms with E-state index >= 15 is 0 Å². The molecule has 1 rings (SSSR count). The van der Waals surface area contributed by atoms with Crippen LogP contribution in [0.15, 0.2) is 0 Å². The summed E-state index contributed by atoms with van der Waals surface area (Å²) < 4.78 is 5.43. The van der Waals surface area contributed by atoms with Crippen LogP contribution in [-0.4, -0.2) is 35.7 Å². The minimum absolute atomic E-state index is 0.161. The average Bonchev–Trinajstić information content (AvgIpc) is 2.73. The van der Waals surface area contributed by atoms with Crippen molar-refractivity contribution in [2.24, 2.45) is 5.41 Å². The fourth-order valence-electron chi connectivity index (χ4n) is 2.05.